The molecule has 0 aromatic heterocycles. The van der Waals surface area contributed by atoms with Crippen molar-refractivity contribution in [3.8, 4) is 0 Å². The molecule has 0 saturated heterocycles. The van der Waals surface area contributed by atoms with E-state index in [0.717, 1.165) is 53.3 Å². The summed E-state index contributed by atoms with van der Waals surface area (Å²) in [6, 6.07) is 26.1. The Hall–Kier alpha value is -2.92. The summed E-state index contributed by atoms with van der Waals surface area (Å²) >= 11 is 3.56. The molecule has 0 aliphatic heterocycles. The summed E-state index contributed by atoms with van der Waals surface area (Å²) in [6.45, 7) is 2.53. The normalized spacial score (nSPS) is 14.3. The molecule has 1 aliphatic carbocycles. The number of halogens is 1. The van der Waals surface area contributed by atoms with Gasteiger partial charge < -0.3 is 10.2 Å². The molecule has 37 heavy (non-hydrogen) atoms. The zero-order chi connectivity index (χ0) is 26.0. The smallest absolute Gasteiger partial charge is 0.243 e. The quantitative estimate of drug-likeness (QED) is 0.285. The summed E-state index contributed by atoms with van der Waals surface area (Å²) in [7, 11) is 0. The second kappa shape index (κ2) is 13.6. The van der Waals surface area contributed by atoms with Gasteiger partial charge in [0.05, 0.1) is 0 Å². The fraction of sp³-hybridized carbons (Fsp3) is 0.375. The lowest BCUT2D eigenvalue weighted by atomic mass is 10.0. The van der Waals surface area contributed by atoms with Crippen molar-refractivity contribution in [2.24, 2.45) is 0 Å². The predicted octanol–water partition coefficient (Wildman–Crippen LogP) is 6.64. The molecule has 1 fully saturated rings. The Kier molecular flexibility index (Phi) is 9.95. The second-order valence-corrected chi connectivity index (χ2v) is 10.9. The Morgan fingerprint density at radius 1 is 0.892 bits per heavy atom. The third-order valence-corrected chi connectivity index (χ3v) is 7.77. The van der Waals surface area contributed by atoms with Crippen molar-refractivity contribution in [1.29, 1.82) is 0 Å². The number of rotatable bonds is 11. The molecule has 1 atom stereocenters. The van der Waals surface area contributed by atoms with E-state index in [4.69, 9.17) is 0 Å². The fourth-order valence-electron chi connectivity index (χ4n) is 5.09. The lowest BCUT2D eigenvalue weighted by molar-refractivity contribution is -0.141. The van der Waals surface area contributed by atoms with Gasteiger partial charge >= 0.3 is 0 Å². The van der Waals surface area contributed by atoms with E-state index in [9.17, 15) is 9.59 Å². The van der Waals surface area contributed by atoms with Crippen molar-refractivity contribution < 1.29 is 9.59 Å². The fourth-order valence-corrected chi connectivity index (χ4v) is 5.54. The molecule has 4 nitrogen and oxygen atoms in total. The maximum atomic E-state index is 13.8. The predicted molar refractivity (Wildman–Crippen MR) is 153 cm³/mol. The van der Waals surface area contributed by atoms with Crippen LogP contribution in [0.15, 0.2) is 83.3 Å². The highest BCUT2D eigenvalue weighted by Crippen LogP contribution is 2.22. The highest BCUT2D eigenvalue weighted by molar-refractivity contribution is 9.10. The lowest BCUT2D eigenvalue weighted by Gasteiger charge is -2.32. The first kappa shape index (κ1) is 27.1. The Morgan fingerprint density at radius 3 is 2.24 bits per heavy atom. The molecule has 4 rings (SSSR count). The van der Waals surface area contributed by atoms with E-state index >= 15 is 0 Å². The minimum absolute atomic E-state index is 0.00190. The van der Waals surface area contributed by atoms with Crippen LogP contribution in [0, 0.1) is 0 Å². The van der Waals surface area contributed by atoms with Gasteiger partial charge in [0.1, 0.15) is 6.04 Å². The number of nitrogens with zero attached hydrogens (tertiary/aromatic N) is 1. The Bertz CT molecular complexity index is 1160. The topological polar surface area (TPSA) is 49.4 Å². The van der Waals surface area contributed by atoms with E-state index in [1.165, 1.54) is 5.56 Å². The molecule has 3 aromatic carbocycles. The summed E-state index contributed by atoms with van der Waals surface area (Å²) in [5.74, 6) is -0.0477. The van der Waals surface area contributed by atoms with Crippen molar-refractivity contribution in [3.63, 3.8) is 0 Å². The number of amides is 2. The number of aryl methyl sites for hydroxylation is 2. The highest BCUT2D eigenvalue weighted by Gasteiger charge is 2.32. The minimum atomic E-state index is -0.572. The van der Waals surface area contributed by atoms with Crippen LogP contribution >= 0.6 is 15.9 Å². The van der Waals surface area contributed by atoms with Crippen LogP contribution < -0.4 is 5.32 Å². The number of carbonyl (C=O) groups is 2. The molecule has 0 bridgehead atoms. The molecule has 0 heterocycles. The zero-order valence-corrected chi connectivity index (χ0v) is 23.3. The summed E-state index contributed by atoms with van der Waals surface area (Å²) in [4.78, 5) is 29.4. The SMILES string of the molecule is CCc1ccc(CCC(=O)N(Cc2cccc(Br)c2)C(Cc2ccccc2)C(=O)NC2CCCC2)cc1. The molecule has 194 valence electrons. The maximum Gasteiger partial charge on any atom is 0.243 e. The van der Waals surface area contributed by atoms with Gasteiger partial charge in [-0.2, -0.15) is 0 Å². The summed E-state index contributed by atoms with van der Waals surface area (Å²) in [6.07, 6.45) is 6.81. The molecule has 1 aliphatic rings. The minimum Gasteiger partial charge on any atom is -0.352 e. The van der Waals surface area contributed by atoms with E-state index in [2.05, 4.69) is 52.4 Å². The van der Waals surface area contributed by atoms with Gasteiger partial charge in [0.25, 0.3) is 0 Å². The van der Waals surface area contributed by atoms with E-state index in [1.54, 1.807) is 4.90 Å². The van der Waals surface area contributed by atoms with Crippen LogP contribution in [0.4, 0.5) is 0 Å². The molecular weight excluding hydrogens is 524 g/mol. The van der Waals surface area contributed by atoms with Gasteiger partial charge in [-0.15, -0.1) is 0 Å². The number of hydrogen-bond acceptors (Lipinski definition) is 2. The van der Waals surface area contributed by atoms with Crippen molar-refractivity contribution in [2.75, 3.05) is 0 Å². The third kappa shape index (κ3) is 8.03. The molecule has 1 unspecified atom stereocenters. The standard InChI is InChI=1S/C32H37BrN2O2/c1-2-24-15-17-25(18-16-24)19-20-31(36)35(23-27-11-8-12-28(33)21-27)30(22-26-9-4-3-5-10-26)32(37)34-29-13-6-7-14-29/h3-5,8-12,15-18,21,29-30H,2,6-7,13-14,19-20,22-23H2,1H3,(H,34,37). The van der Waals surface area contributed by atoms with Crippen LogP contribution in [0.2, 0.25) is 0 Å². The number of carbonyl (C=O) groups excluding carboxylic acids is 2. The molecule has 0 spiro atoms. The molecule has 0 radical (unpaired) electrons. The van der Waals surface area contributed by atoms with Crippen LogP contribution in [-0.4, -0.2) is 28.8 Å². The van der Waals surface area contributed by atoms with E-state index in [-0.39, 0.29) is 17.9 Å². The molecule has 1 saturated carbocycles. The molecule has 3 aromatic rings. The molecule has 1 N–H and O–H groups in total. The Morgan fingerprint density at radius 2 is 1.57 bits per heavy atom. The van der Waals surface area contributed by atoms with Crippen molar-refractivity contribution in [2.45, 2.75) is 76.9 Å². The number of hydrogen-bond donors (Lipinski definition) is 1. The number of nitrogens with one attached hydrogen (secondary N) is 1. The summed E-state index contributed by atoms with van der Waals surface area (Å²) in [5.41, 5.74) is 4.49. The lowest BCUT2D eigenvalue weighted by Crippen LogP contribution is -2.52. The second-order valence-electron chi connectivity index (χ2n) is 10.0. The zero-order valence-electron chi connectivity index (χ0n) is 21.7. The highest BCUT2D eigenvalue weighted by atomic mass is 79.9. The number of benzene rings is 3. The summed E-state index contributed by atoms with van der Waals surface area (Å²) < 4.78 is 0.962. The van der Waals surface area contributed by atoms with Gasteiger partial charge in [-0.1, -0.05) is 102 Å². The van der Waals surface area contributed by atoms with Crippen molar-refractivity contribution in [3.05, 3.63) is 106 Å². The maximum absolute atomic E-state index is 13.8. The van der Waals surface area contributed by atoms with Crippen molar-refractivity contribution in [1.82, 2.24) is 10.2 Å². The van der Waals surface area contributed by atoms with Gasteiger partial charge in [-0.05, 0) is 60.1 Å². The first-order valence-electron chi connectivity index (χ1n) is 13.5. The van der Waals surface area contributed by atoms with Gasteiger partial charge in [0.15, 0.2) is 0 Å². The molecular formula is C32H37BrN2O2. The van der Waals surface area contributed by atoms with E-state index < -0.39 is 6.04 Å². The molecule has 2 amide bonds. The monoisotopic (exact) mass is 560 g/mol. The van der Waals surface area contributed by atoms with Gasteiger partial charge in [-0.3, -0.25) is 9.59 Å². The van der Waals surface area contributed by atoms with E-state index in [0.29, 0.717) is 25.8 Å². The first-order valence-corrected chi connectivity index (χ1v) is 14.3. The van der Waals surface area contributed by atoms with Crippen LogP contribution in [0.5, 0.6) is 0 Å². The molecule has 5 heteroatoms. The largest absolute Gasteiger partial charge is 0.352 e. The average molecular weight is 562 g/mol. The van der Waals surface area contributed by atoms with Gasteiger partial charge in [0, 0.05) is 29.9 Å². The van der Waals surface area contributed by atoms with Crippen molar-refractivity contribution >= 4 is 27.7 Å². The Labute approximate surface area is 229 Å². The van der Waals surface area contributed by atoms with Crippen LogP contribution in [0.3, 0.4) is 0 Å². The summed E-state index contributed by atoms with van der Waals surface area (Å²) in [5, 5.41) is 3.28. The third-order valence-electron chi connectivity index (χ3n) is 7.27. The first-order chi connectivity index (χ1) is 18.0. The van der Waals surface area contributed by atoms with Crippen LogP contribution in [0.1, 0.15) is 61.3 Å². The average Bonchev–Trinajstić information content (AvgIpc) is 3.43. The van der Waals surface area contributed by atoms with Crippen LogP contribution in [-0.2, 0) is 35.4 Å². The van der Waals surface area contributed by atoms with Crippen LogP contribution in [0.25, 0.3) is 0 Å². The van der Waals surface area contributed by atoms with Gasteiger partial charge in [0.2, 0.25) is 11.8 Å². The van der Waals surface area contributed by atoms with E-state index in [1.807, 2.05) is 54.6 Å². The Balaban J connectivity index is 1.59. The van der Waals surface area contributed by atoms with Gasteiger partial charge in [-0.25, -0.2) is 0 Å².